The predicted octanol–water partition coefficient (Wildman–Crippen LogP) is 3.19. The first-order valence-electron chi connectivity index (χ1n) is 6.36. The highest BCUT2D eigenvalue weighted by Crippen LogP contribution is 2.60. The van der Waals surface area contributed by atoms with E-state index in [0.717, 1.165) is 24.3 Å². The van der Waals surface area contributed by atoms with Crippen molar-refractivity contribution in [3.63, 3.8) is 0 Å². The van der Waals surface area contributed by atoms with Crippen LogP contribution in [0.2, 0.25) is 0 Å². The van der Waals surface area contributed by atoms with Gasteiger partial charge < -0.3 is 5.73 Å². The fourth-order valence-corrected chi connectivity index (χ4v) is 3.58. The third-order valence-electron chi connectivity index (χ3n) is 4.85. The van der Waals surface area contributed by atoms with Gasteiger partial charge in [0.05, 0.1) is 0 Å². The van der Waals surface area contributed by atoms with Gasteiger partial charge in [0.25, 0.3) is 0 Å². The van der Waals surface area contributed by atoms with Crippen molar-refractivity contribution in [3.05, 3.63) is 0 Å². The van der Waals surface area contributed by atoms with E-state index in [4.69, 9.17) is 5.73 Å². The summed E-state index contributed by atoms with van der Waals surface area (Å²) in [4.78, 5) is 0. The first-order valence-corrected chi connectivity index (χ1v) is 6.36. The second-order valence-electron chi connectivity index (χ2n) is 6.01. The minimum Gasteiger partial charge on any atom is -0.330 e. The van der Waals surface area contributed by atoms with Crippen LogP contribution in [0.5, 0.6) is 0 Å². The second-order valence-corrected chi connectivity index (χ2v) is 6.01. The zero-order chi connectivity index (χ0) is 10.2. The summed E-state index contributed by atoms with van der Waals surface area (Å²) >= 11 is 0. The highest BCUT2D eigenvalue weighted by Gasteiger charge is 2.56. The highest BCUT2D eigenvalue weighted by molar-refractivity contribution is 5.05. The van der Waals surface area contributed by atoms with Crippen molar-refractivity contribution < 1.29 is 0 Å². The molecule has 2 saturated carbocycles. The van der Waals surface area contributed by atoms with Gasteiger partial charge in [-0.2, -0.15) is 0 Å². The summed E-state index contributed by atoms with van der Waals surface area (Å²) in [6.07, 6.45) is 8.88. The highest BCUT2D eigenvalue weighted by atomic mass is 14.7. The van der Waals surface area contributed by atoms with Crippen molar-refractivity contribution in [2.75, 3.05) is 6.54 Å². The molecule has 2 aliphatic carbocycles. The van der Waals surface area contributed by atoms with E-state index in [-0.39, 0.29) is 0 Å². The Kier molecular flexibility index (Phi) is 2.88. The molecule has 82 valence electrons. The van der Waals surface area contributed by atoms with E-state index in [2.05, 4.69) is 13.8 Å². The molecule has 2 rings (SSSR count). The van der Waals surface area contributed by atoms with Crippen LogP contribution in [0, 0.1) is 23.2 Å². The maximum atomic E-state index is 5.80. The minimum atomic E-state index is 0.562. The maximum Gasteiger partial charge on any atom is -0.00408 e. The lowest BCUT2D eigenvalue weighted by atomic mass is 9.84. The molecule has 1 nitrogen and oxygen atoms in total. The molecule has 0 saturated heterocycles. The molecule has 0 aromatic carbocycles. The molecule has 0 heterocycles. The Morgan fingerprint density at radius 1 is 1.07 bits per heavy atom. The third kappa shape index (κ3) is 1.84. The smallest absolute Gasteiger partial charge is 0.00408 e. The van der Waals surface area contributed by atoms with Crippen LogP contribution in [-0.2, 0) is 0 Å². The average Bonchev–Trinajstić information content (AvgIpc) is 2.69. The van der Waals surface area contributed by atoms with E-state index < -0.39 is 0 Å². The minimum absolute atomic E-state index is 0.562. The Balaban J connectivity index is 1.81. The van der Waals surface area contributed by atoms with Crippen LogP contribution in [0.1, 0.15) is 52.4 Å². The predicted molar refractivity (Wildman–Crippen MR) is 61.0 cm³/mol. The van der Waals surface area contributed by atoms with Gasteiger partial charge in [0, 0.05) is 0 Å². The van der Waals surface area contributed by atoms with Crippen molar-refractivity contribution in [1.82, 2.24) is 0 Å². The average molecular weight is 195 g/mol. The van der Waals surface area contributed by atoms with Crippen molar-refractivity contribution in [1.29, 1.82) is 0 Å². The number of nitrogens with two attached hydrogens (primary N) is 1. The maximum absolute atomic E-state index is 5.80. The summed E-state index contributed by atoms with van der Waals surface area (Å²) in [5.74, 6) is 2.80. The van der Waals surface area contributed by atoms with Gasteiger partial charge in [-0.1, -0.05) is 46.0 Å². The summed E-state index contributed by atoms with van der Waals surface area (Å²) in [7, 11) is 0. The SMILES string of the molecule is CC1(C)C(CN)C1CC1CCCCC1. The van der Waals surface area contributed by atoms with Crippen LogP contribution in [0.4, 0.5) is 0 Å². The molecule has 2 fully saturated rings. The van der Waals surface area contributed by atoms with Crippen LogP contribution in [-0.4, -0.2) is 6.54 Å². The summed E-state index contributed by atoms with van der Waals surface area (Å²) < 4.78 is 0. The van der Waals surface area contributed by atoms with E-state index in [1.54, 1.807) is 0 Å². The lowest BCUT2D eigenvalue weighted by molar-refractivity contribution is 0.309. The summed E-state index contributed by atoms with van der Waals surface area (Å²) in [5, 5.41) is 0. The van der Waals surface area contributed by atoms with Gasteiger partial charge in [0.1, 0.15) is 0 Å². The Morgan fingerprint density at radius 3 is 2.21 bits per heavy atom. The van der Waals surface area contributed by atoms with Crippen molar-refractivity contribution in [3.8, 4) is 0 Å². The van der Waals surface area contributed by atoms with Crippen LogP contribution in [0.15, 0.2) is 0 Å². The van der Waals surface area contributed by atoms with Crippen molar-refractivity contribution in [2.24, 2.45) is 28.9 Å². The molecule has 0 bridgehead atoms. The normalized spacial score (nSPS) is 37.1. The summed E-state index contributed by atoms with van der Waals surface area (Å²) in [5.41, 5.74) is 6.37. The molecule has 2 unspecified atom stereocenters. The standard InChI is InChI=1S/C13H25N/c1-13(2)11(12(13)9-14)8-10-6-4-3-5-7-10/h10-12H,3-9,14H2,1-2H3. The molecule has 14 heavy (non-hydrogen) atoms. The van der Waals surface area contributed by atoms with E-state index in [1.165, 1.54) is 38.5 Å². The second kappa shape index (κ2) is 3.84. The van der Waals surface area contributed by atoms with E-state index in [1.807, 2.05) is 0 Å². The van der Waals surface area contributed by atoms with E-state index >= 15 is 0 Å². The fraction of sp³-hybridized carbons (Fsp3) is 1.00. The molecule has 1 heteroatoms. The quantitative estimate of drug-likeness (QED) is 0.735. The largest absolute Gasteiger partial charge is 0.330 e. The first-order chi connectivity index (χ1) is 6.66. The molecule has 0 aromatic rings. The lowest BCUT2D eigenvalue weighted by Gasteiger charge is -2.22. The van der Waals surface area contributed by atoms with Crippen LogP contribution in [0.25, 0.3) is 0 Å². The van der Waals surface area contributed by atoms with E-state index in [9.17, 15) is 0 Å². The molecular formula is C13H25N. The zero-order valence-electron chi connectivity index (χ0n) is 9.76. The lowest BCUT2D eigenvalue weighted by Crippen LogP contribution is -2.09. The number of hydrogen-bond acceptors (Lipinski definition) is 1. The molecule has 2 aliphatic rings. The molecule has 0 aromatic heterocycles. The Labute approximate surface area is 88.4 Å². The molecule has 0 aliphatic heterocycles. The fourth-order valence-electron chi connectivity index (χ4n) is 3.58. The molecule has 0 amide bonds. The molecule has 2 N–H and O–H groups in total. The van der Waals surface area contributed by atoms with Crippen LogP contribution >= 0.6 is 0 Å². The van der Waals surface area contributed by atoms with Gasteiger partial charge in [-0.3, -0.25) is 0 Å². The van der Waals surface area contributed by atoms with Crippen LogP contribution < -0.4 is 5.73 Å². The van der Waals surface area contributed by atoms with Gasteiger partial charge in [-0.25, -0.2) is 0 Å². The Bertz CT molecular complexity index is 191. The van der Waals surface area contributed by atoms with Gasteiger partial charge in [-0.05, 0) is 36.1 Å². The van der Waals surface area contributed by atoms with Gasteiger partial charge in [0.2, 0.25) is 0 Å². The number of hydrogen-bond donors (Lipinski definition) is 1. The molecule has 2 atom stereocenters. The zero-order valence-corrected chi connectivity index (χ0v) is 9.76. The van der Waals surface area contributed by atoms with Gasteiger partial charge >= 0.3 is 0 Å². The summed E-state index contributed by atoms with van der Waals surface area (Å²) in [6, 6.07) is 0. The van der Waals surface area contributed by atoms with Crippen molar-refractivity contribution >= 4 is 0 Å². The van der Waals surface area contributed by atoms with Crippen LogP contribution in [0.3, 0.4) is 0 Å². The number of rotatable bonds is 3. The summed E-state index contributed by atoms with van der Waals surface area (Å²) in [6.45, 7) is 5.71. The van der Waals surface area contributed by atoms with Gasteiger partial charge in [0.15, 0.2) is 0 Å². The molecule has 0 radical (unpaired) electrons. The molecular weight excluding hydrogens is 170 g/mol. The third-order valence-corrected chi connectivity index (χ3v) is 4.85. The Hall–Kier alpha value is -0.0400. The molecule has 0 spiro atoms. The monoisotopic (exact) mass is 195 g/mol. The van der Waals surface area contributed by atoms with Crippen molar-refractivity contribution in [2.45, 2.75) is 52.4 Å². The Morgan fingerprint density at radius 2 is 1.71 bits per heavy atom. The topological polar surface area (TPSA) is 26.0 Å². The first kappa shape index (κ1) is 10.5. The van der Waals surface area contributed by atoms with Gasteiger partial charge in [-0.15, -0.1) is 0 Å². The van der Waals surface area contributed by atoms with E-state index in [0.29, 0.717) is 5.41 Å².